The lowest BCUT2D eigenvalue weighted by molar-refractivity contribution is -0.139. The van der Waals surface area contributed by atoms with E-state index in [0.717, 1.165) is 24.3 Å². The number of esters is 4. The van der Waals surface area contributed by atoms with Crippen LogP contribution in [0, 0.1) is 69.8 Å². The summed E-state index contributed by atoms with van der Waals surface area (Å²) in [4.78, 5) is 43.3. The maximum absolute atomic E-state index is 14.5. The predicted molar refractivity (Wildman–Crippen MR) is 184 cm³/mol. The van der Waals surface area contributed by atoms with E-state index in [0.29, 0.717) is 0 Å². The molecule has 24 heteroatoms. The molecule has 0 aliphatic rings. The van der Waals surface area contributed by atoms with Gasteiger partial charge in [0, 0.05) is 24.3 Å². The Hall–Kier alpha value is -7.14. The molecule has 3 aromatic carbocycles. The van der Waals surface area contributed by atoms with Crippen molar-refractivity contribution < 1.29 is 110 Å². The van der Waals surface area contributed by atoms with Crippen molar-refractivity contribution in [3.05, 3.63) is 120 Å². The van der Waals surface area contributed by atoms with E-state index in [1.807, 2.05) is 0 Å². The third-order valence-electron chi connectivity index (χ3n) is 6.84. The van der Waals surface area contributed by atoms with E-state index < -0.39 is 181 Å². The highest BCUT2D eigenvalue weighted by atomic mass is 19.2. The molecular formula is C38H28F12O12. The van der Waals surface area contributed by atoms with Crippen molar-refractivity contribution in [3.8, 4) is 34.1 Å². The zero-order valence-corrected chi connectivity index (χ0v) is 31.2. The molecule has 0 amide bonds. The molecule has 0 heterocycles. The number of ether oxygens (including phenoxy) is 8. The van der Waals surface area contributed by atoms with Crippen LogP contribution in [0.1, 0.15) is 0 Å². The molecule has 0 saturated heterocycles. The zero-order chi connectivity index (χ0) is 46.8. The fraction of sp³-hybridized carbons (Fsp3) is 0.211. The summed E-state index contributed by atoms with van der Waals surface area (Å²) in [5, 5.41) is 0. The minimum Gasteiger partial charge on any atom is -0.484 e. The van der Waals surface area contributed by atoms with Gasteiger partial charge >= 0.3 is 23.9 Å². The van der Waals surface area contributed by atoms with Crippen molar-refractivity contribution in [1.29, 1.82) is 0 Å². The highest BCUT2D eigenvalue weighted by Crippen LogP contribution is 2.42. The first kappa shape index (κ1) is 51.0. The predicted octanol–water partition coefficient (Wildman–Crippen LogP) is 7.14. The Morgan fingerprint density at radius 3 is 0.629 bits per heavy atom. The largest absolute Gasteiger partial charge is 0.484 e. The molecule has 0 unspecified atom stereocenters. The minimum atomic E-state index is -2.45. The normalized spacial score (nSPS) is 10.3. The lowest BCUT2D eigenvalue weighted by Crippen LogP contribution is -2.15. The molecule has 0 aromatic heterocycles. The summed E-state index contributed by atoms with van der Waals surface area (Å²) in [5.41, 5.74) is -4.23. The Balaban J connectivity index is 0.000000451. The minimum absolute atomic E-state index is 0.431. The Kier molecular flexibility index (Phi) is 19.9. The summed E-state index contributed by atoms with van der Waals surface area (Å²) < 4.78 is 207. The molecule has 0 fully saturated rings. The third-order valence-corrected chi connectivity index (χ3v) is 6.84. The fourth-order valence-electron chi connectivity index (χ4n) is 4.14. The first-order valence-corrected chi connectivity index (χ1v) is 16.6. The molecular weight excluding hydrogens is 876 g/mol. The van der Waals surface area contributed by atoms with Gasteiger partial charge in [-0.05, 0) is 0 Å². The highest BCUT2D eigenvalue weighted by Gasteiger charge is 2.35. The maximum atomic E-state index is 14.5. The van der Waals surface area contributed by atoms with Crippen molar-refractivity contribution in [2.45, 2.75) is 0 Å². The van der Waals surface area contributed by atoms with E-state index in [1.54, 1.807) is 0 Å². The summed E-state index contributed by atoms with van der Waals surface area (Å²) in [6, 6.07) is 0. The van der Waals surface area contributed by atoms with Crippen LogP contribution in [0.4, 0.5) is 52.7 Å². The number of carbonyl (C=O) groups is 4. The third kappa shape index (κ3) is 12.9. The SMILES string of the molecule is C=CC(=O)OCCOc1c(F)c(F)c(-c2c(F)c(F)c(OCCOC(=O)C=C)c(F)c2F)c(F)c1F.C=CC(=O)OCCOc1c(F)c(F)c(OCCOC(=O)C=C)c(F)c1F. The van der Waals surface area contributed by atoms with Gasteiger partial charge in [0.2, 0.25) is 46.5 Å². The van der Waals surface area contributed by atoms with Crippen molar-refractivity contribution >= 4 is 23.9 Å². The molecule has 0 radical (unpaired) electrons. The molecule has 3 rings (SSSR count). The van der Waals surface area contributed by atoms with E-state index in [1.165, 1.54) is 0 Å². The summed E-state index contributed by atoms with van der Waals surface area (Å²) in [6.07, 6.45) is 3.17. The van der Waals surface area contributed by atoms with Gasteiger partial charge in [0.05, 0.1) is 11.1 Å². The average molecular weight is 905 g/mol. The Morgan fingerprint density at radius 1 is 0.306 bits per heavy atom. The molecule has 0 aliphatic heterocycles. The van der Waals surface area contributed by atoms with E-state index in [9.17, 15) is 71.9 Å². The zero-order valence-electron chi connectivity index (χ0n) is 31.2. The second-order valence-electron chi connectivity index (χ2n) is 10.7. The summed E-state index contributed by atoms with van der Waals surface area (Å²) >= 11 is 0. The molecule has 0 spiro atoms. The quantitative estimate of drug-likeness (QED) is 0.0268. The van der Waals surface area contributed by atoms with E-state index in [2.05, 4.69) is 64.2 Å². The molecule has 0 bridgehead atoms. The topological polar surface area (TPSA) is 142 Å². The van der Waals surface area contributed by atoms with Crippen LogP contribution in [0.15, 0.2) is 50.6 Å². The van der Waals surface area contributed by atoms with Gasteiger partial charge in [-0.1, -0.05) is 26.3 Å². The van der Waals surface area contributed by atoms with Crippen LogP contribution < -0.4 is 18.9 Å². The molecule has 0 aliphatic carbocycles. The number of halogens is 12. The van der Waals surface area contributed by atoms with E-state index in [4.69, 9.17) is 0 Å². The number of carbonyl (C=O) groups excluding carboxylic acids is 4. The summed E-state index contributed by atoms with van der Waals surface area (Å²) in [6.45, 7) is 7.49. The number of hydrogen-bond acceptors (Lipinski definition) is 12. The van der Waals surface area contributed by atoms with Crippen molar-refractivity contribution in [2.75, 3.05) is 52.9 Å². The van der Waals surface area contributed by atoms with E-state index in [-0.39, 0.29) is 0 Å². The summed E-state index contributed by atoms with van der Waals surface area (Å²) in [5.74, 6) is -35.9. The molecule has 12 nitrogen and oxygen atoms in total. The molecule has 3 aromatic rings. The second-order valence-corrected chi connectivity index (χ2v) is 10.7. The Labute approximate surface area is 341 Å². The van der Waals surface area contributed by atoms with Gasteiger partial charge in [0.15, 0.2) is 46.3 Å². The van der Waals surface area contributed by atoms with Gasteiger partial charge < -0.3 is 37.9 Å². The van der Waals surface area contributed by atoms with Crippen LogP contribution >= 0.6 is 0 Å². The smallest absolute Gasteiger partial charge is 0.330 e. The van der Waals surface area contributed by atoms with Crippen LogP contribution in [-0.4, -0.2) is 76.7 Å². The molecule has 336 valence electrons. The molecule has 62 heavy (non-hydrogen) atoms. The first-order chi connectivity index (χ1) is 29.3. The van der Waals surface area contributed by atoms with Gasteiger partial charge in [-0.25, -0.2) is 36.7 Å². The van der Waals surface area contributed by atoms with Gasteiger partial charge in [-0.3, -0.25) is 0 Å². The Morgan fingerprint density at radius 2 is 0.468 bits per heavy atom. The van der Waals surface area contributed by atoms with Gasteiger partial charge in [-0.15, -0.1) is 0 Å². The number of rotatable bonds is 21. The lowest BCUT2D eigenvalue weighted by Gasteiger charge is -2.16. The van der Waals surface area contributed by atoms with Crippen LogP contribution in [0.5, 0.6) is 23.0 Å². The fourth-order valence-corrected chi connectivity index (χ4v) is 4.14. The first-order valence-electron chi connectivity index (χ1n) is 16.6. The molecule has 0 atom stereocenters. The van der Waals surface area contributed by atoms with Crippen LogP contribution in [0.3, 0.4) is 0 Å². The monoisotopic (exact) mass is 904 g/mol. The van der Waals surface area contributed by atoms with Crippen molar-refractivity contribution in [2.24, 2.45) is 0 Å². The van der Waals surface area contributed by atoms with Crippen molar-refractivity contribution in [3.63, 3.8) is 0 Å². The maximum Gasteiger partial charge on any atom is 0.330 e. The van der Waals surface area contributed by atoms with Crippen molar-refractivity contribution in [1.82, 2.24) is 0 Å². The summed E-state index contributed by atoms with van der Waals surface area (Å²) in [7, 11) is 0. The second kappa shape index (κ2) is 24.2. The van der Waals surface area contributed by atoms with Crippen LogP contribution in [0.2, 0.25) is 0 Å². The van der Waals surface area contributed by atoms with Crippen LogP contribution in [-0.2, 0) is 38.1 Å². The molecule has 0 saturated carbocycles. The van der Waals surface area contributed by atoms with Gasteiger partial charge in [-0.2, -0.15) is 35.1 Å². The van der Waals surface area contributed by atoms with Crippen LogP contribution in [0.25, 0.3) is 11.1 Å². The molecule has 0 N–H and O–H groups in total. The number of benzene rings is 3. The Bertz CT molecular complexity index is 1980. The van der Waals surface area contributed by atoms with E-state index >= 15 is 0 Å². The average Bonchev–Trinajstić information content (AvgIpc) is 3.26. The number of hydrogen-bond donors (Lipinski definition) is 0. The van der Waals surface area contributed by atoms with Gasteiger partial charge in [0.1, 0.15) is 52.9 Å². The lowest BCUT2D eigenvalue weighted by atomic mass is 10.0. The standard InChI is InChI=1S/C22H14F8O6.C16H14F4O6/c1-3-9(31)33-5-7-35-21-17(27)13(23)11(14(24)18(21)28)12-15(25)19(29)22(20(30)16(12)26)36-8-6-34-10(32)4-2;1-3-9(21)23-5-7-25-15-11(17)13(19)16(14(20)12(15)18)26-8-6-24-10(22)4-2/h3-4H,1-2,5-8H2;3-4H,1-2,5-8H2. The van der Waals surface area contributed by atoms with Gasteiger partial charge in [0.25, 0.3) is 0 Å². The highest BCUT2D eigenvalue weighted by molar-refractivity contribution is 5.82.